The molecule has 154 valence electrons. The van der Waals surface area contributed by atoms with Crippen LogP contribution in [0, 0.1) is 0 Å². The van der Waals surface area contributed by atoms with Crippen molar-refractivity contribution >= 4 is 15.9 Å². The maximum atomic E-state index is 12.9. The lowest BCUT2D eigenvalue weighted by atomic mass is 9.99. The maximum Gasteiger partial charge on any atom is 0.254 e. The Morgan fingerprint density at radius 3 is 2.75 bits per heavy atom. The first-order valence-corrected chi connectivity index (χ1v) is 11.7. The first kappa shape index (κ1) is 19.5. The number of aromatic nitrogens is 2. The predicted molar refractivity (Wildman–Crippen MR) is 101 cm³/mol. The lowest BCUT2D eigenvalue weighted by Gasteiger charge is -2.36. The summed E-state index contributed by atoms with van der Waals surface area (Å²) in [5.74, 6) is 0.408. The zero-order chi connectivity index (χ0) is 19.9. The van der Waals surface area contributed by atoms with E-state index in [2.05, 4.69) is 9.97 Å². The van der Waals surface area contributed by atoms with E-state index in [0.29, 0.717) is 36.7 Å². The average molecular weight is 410 g/mol. The van der Waals surface area contributed by atoms with E-state index in [1.807, 2.05) is 0 Å². The van der Waals surface area contributed by atoms with E-state index in [-0.39, 0.29) is 30.6 Å². The van der Waals surface area contributed by atoms with Crippen molar-refractivity contribution in [3.63, 3.8) is 0 Å². The summed E-state index contributed by atoms with van der Waals surface area (Å²) < 4.78 is 30.7. The lowest BCUT2D eigenvalue weighted by molar-refractivity contribution is -0.145. The Morgan fingerprint density at radius 2 is 2.04 bits per heavy atom. The molecule has 3 aliphatic heterocycles. The highest BCUT2D eigenvalue weighted by Gasteiger charge is 2.36. The minimum absolute atomic E-state index is 0.0414. The molecule has 0 aliphatic carbocycles. The van der Waals surface area contributed by atoms with Crippen LogP contribution in [0.1, 0.15) is 55.2 Å². The Morgan fingerprint density at radius 1 is 1.21 bits per heavy atom. The number of hydrogen-bond donors (Lipinski definition) is 1. The maximum absolute atomic E-state index is 12.9. The second-order valence-electron chi connectivity index (χ2n) is 7.77. The summed E-state index contributed by atoms with van der Waals surface area (Å²) in [5.41, 5.74) is 0.796. The molecule has 4 rings (SSSR count). The van der Waals surface area contributed by atoms with Crippen molar-refractivity contribution in [2.75, 3.05) is 26.0 Å². The van der Waals surface area contributed by atoms with Crippen LogP contribution < -0.4 is 5.56 Å². The van der Waals surface area contributed by atoms with Gasteiger partial charge < -0.3 is 14.6 Å². The van der Waals surface area contributed by atoms with Crippen LogP contribution in [0.4, 0.5) is 0 Å². The fraction of sp³-hybridized carbons (Fsp3) is 0.722. The third kappa shape index (κ3) is 3.72. The summed E-state index contributed by atoms with van der Waals surface area (Å²) in [7, 11) is -3.35. The number of nitrogens with zero attached hydrogens (tertiary/aromatic N) is 3. The number of rotatable bonds is 3. The number of H-pyrrole nitrogens is 1. The number of ether oxygens (including phenoxy) is 1. The highest BCUT2D eigenvalue weighted by molar-refractivity contribution is 7.88. The van der Waals surface area contributed by atoms with Crippen molar-refractivity contribution in [2.24, 2.45) is 0 Å². The van der Waals surface area contributed by atoms with Crippen LogP contribution in [0.2, 0.25) is 0 Å². The molecule has 9 nitrogen and oxygen atoms in total. The Bertz CT molecular complexity index is 922. The van der Waals surface area contributed by atoms with E-state index in [0.717, 1.165) is 38.4 Å². The minimum atomic E-state index is -3.35. The number of amides is 1. The van der Waals surface area contributed by atoms with Crippen molar-refractivity contribution < 1.29 is 17.9 Å². The molecule has 2 fully saturated rings. The van der Waals surface area contributed by atoms with Gasteiger partial charge in [0.15, 0.2) is 0 Å². The number of likely N-dealkylation sites (tertiary alicyclic amines) is 1. The third-order valence-electron chi connectivity index (χ3n) is 5.83. The molecule has 0 radical (unpaired) electrons. The van der Waals surface area contributed by atoms with Crippen LogP contribution in [0.25, 0.3) is 0 Å². The topological polar surface area (TPSA) is 113 Å². The summed E-state index contributed by atoms with van der Waals surface area (Å²) in [4.78, 5) is 34.8. The molecule has 1 aromatic rings. The molecule has 3 aliphatic rings. The molecule has 1 aromatic heterocycles. The fourth-order valence-electron chi connectivity index (χ4n) is 4.31. The second kappa shape index (κ2) is 7.57. The van der Waals surface area contributed by atoms with Crippen molar-refractivity contribution in [2.45, 2.75) is 57.2 Å². The van der Waals surface area contributed by atoms with Gasteiger partial charge in [-0.25, -0.2) is 13.4 Å². The summed E-state index contributed by atoms with van der Waals surface area (Å²) >= 11 is 0. The number of hydrogen-bond acceptors (Lipinski definition) is 6. The normalized spacial score (nSPS) is 26.2. The molecule has 1 amide bonds. The molecule has 10 heteroatoms. The second-order valence-corrected chi connectivity index (χ2v) is 9.75. The van der Waals surface area contributed by atoms with Crippen LogP contribution in [0.5, 0.6) is 0 Å². The first-order chi connectivity index (χ1) is 13.3. The van der Waals surface area contributed by atoms with Gasteiger partial charge in [0.1, 0.15) is 11.9 Å². The van der Waals surface area contributed by atoms with E-state index in [1.54, 1.807) is 4.90 Å². The van der Waals surface area contributed by atoms with Crippen LogP contribution in [0.15, 0.2) is 4.79 Å². The third-order valence-corrected chi connectivity index (χ3v) is 7.08. The molecule has 0 aromatic carbocycles. The number of carbonyl (C=O) groups excluding carboxylic acids is 1. The van der Waals surface area contributed by atoms with Crippen molar-refractivity contribution in [1.82, 2.24) is 19.2 Å². The Kier molecular flexibility index (Phi) is 5.28. The molecule has 0 bridgehead atoms. The summed E-state index contributed by atoms with van der Waals surface area (Å²) in [5, 5.41) is 0. The van der Waals surface area contributed by atoms with E-state index >= 15 is 0 Å². The van der Waals surface area contributed by atoms with Gasteiger partial charge in [0, 0.05) is 25.3 Å². The molecule has 4 heterocycles. The standard InChI is InChI=1S/C18H26N4O5S/c1-28(25,26)21-9-7-12-13(11-21)19-16(20-17(12)23)14-5-2-3-8-22(14)18(24)15-6-4-10-27-15/h14-15H,2-11H2,1H3,(H,19,20,23)/t14-,15+/m1/s1. The summed E-state index contributed by atoms with van der Waals surface area (Å²) in [6, 6.07) is -0.308. The van der Waals surface area contributed by atoms with Crippen LogP contribution >= 0.6 is 0 Å². The highest BCUT2D eigenvalue weighted by atomic mass is 32.2. The highest BCUT2D eigenvalue weighted by Crippen LogP contribution is 2.31. The molecule has 2 atom stereocenters. The quantitative estimate of drug-likeness (QED) is 0.768. The smallest absolute Gasteiger partial charge is 0.254 e. The average Bonchev–Trinajstić information content (AvgIpc) is 3.21. The van der Waals surface area contributed by atoms with E-state index in [9.17, 15) is 18.0 Å². The predicted octanol–water partition coefficient (Wildman–Crippen LogP) is 0.320. The fourth-order valence-corrected chi connectivity index (χ4v) is 5.09. The Labute approximate surface area is 164 Å². The number of piperidine rings is 1. The van der Waals surface area contributed by atoms with Gasteiger partial charge in [0.05, 0.1) is 24.5 Å². The van der Waals surface area contributed by atoms with E-state index < -0.39 is 16.1 Å². The van der Waals surface area contributed by atoms with Crippen LogP contribution in [-0.4, -0.2) is 65.6 Å². The number of fused-ring (bicyclic) bond motifs is 1. The summed E-state index contributed by atoms with van der Waals surface area (Å²) in [6.45, 7) is 1.59. The SMILES string of the molecule is CS(=O)(=O)N1CCc2c(nc([C@H]3CCCCN3C(=O)[C@@H]3CCCO3)[nH]c2=O)C1. The van der Waals surface area contributed by atoms with Gasteiger partial charge in [0.25, 0.3) is 11.5 Å². The molecule has 28 heavy (non-hydrogen) atoms. The number of sulfonamides is 1. The van der Waals surface area contributed by atoms with Gasteiger partial charge >= 0.3 is 0 Å². The van der Waals surface area contributed by atoms with Gasteiger partial charge in [-0.05, 0) is 38.5 Å². The van der Waals surface area contributed by atoms with Gasteiger partial charge in [-0.3, -0.25) is 9.59 Å². The Hall–Kier alpha value is -1.78. The van der Waals surface area contributed by atoms with Crippen molar-refractivity contribution in [3.8, 4) is 0 Å². The monoisotopic (exact) mass is 410 g/mol. The first-order valence-electron chi connectivity index (χ1n) is 9.84. The molecule has 1 N–H and O–H groups in total. The number of carbonyl (C=O) groups is 1. The molecule has 0 spiro atoms. The molecular formula is C18H26N4O5S. The largest absolute Gasteiger partial charge is 0.368 e. The lowest BCUT2D eigenvalue weighted by Crippen LogP contribution is -2.45. The van der Waals surface area contributed by atoms with Crippen LogP contribution in [-0.2, 0) is 32.5 Å². The van der Waals surface area contributed by atoms with Gasteiger partial charge in [-0.1, -0.05) is 0 Å². The molecule has 2 saturated heterocycles. The van der Waals surface area contributed by atoms with E-state index in [1.165, 1.54) is 4.31 Å². The Balaban J connectivity index is 1.65. The van der Waals surface area contributed by atoms with Crippen LogP contribution in [0.3, 0.4) is 0 Å². The molecular weight excluding hydrogens is 384 g/mol. The van der Waals surface area contributed by atoms with Crippen molar-refractivity contribution in [3.05, 3.63) is 27.4 Å². The number of aromatic amines is 1. The zero-order valence-corrected chi connectivity index (χ0v) is 16.8. The van der Waals surface area contributed by atoms with E-state index in [4.69, 9.17) is 4.74 Å². The minimum Gasteiger partial charge on any atom is -0.368 e. The van der Waals surface area contributed by atoms with Gasteiger partial charge in [-0.15, -0.1) is 0 Å². The zero-order valence-electron chi connectivity index (χ0n) is 16.0. The van der Waals surface area contributed by atoms with Gasteiger partial charge in [-0.2, -0.15) is 4.31 Å². The number of nitrogens with one attached hydrogen (secondary N) is 1. The summed E-state index contributed by atoms with van der Waals surface area (Å²) in [6.07, 6.45) is 5.26. The van der Waals surface area contributed by atoms with Gasteiger partial charge in [0.2, 0.25) is 10.0 Å². The molecule has 0 unspecified atom stereocenters. The molecule has 0 saturated carbocycles. The van der Waals surface area contributed by atoms with Crippen molar-refractivity contribution in [1.29, 1.82) is 0 Å².